The minimum atomic E-state index is -0.158. The summed E-state index contributed by atoms with van der Waals surface area (Å²) in [5.74, 6) is 1.82. The highest BCUT2D eigenvalue weighted by Crippen LogP contribution is 2.44. The molecule has 1 N–H and O–H groups in total. The number of fused-ring (bicyclic) bond motifs is 1. The molecule has 3 rings (SSSR count). The monoisotopic (exact) mass is 276 g/mol. The predicted octanol–water partition coefficient (Wildman–Crippen LogP) is 2.43. The quantitative estimate of drug-likeness (QED) is 0.919. The Bertz CT molecular complexity index is 466. The number of piperazine rings is 1. The van der Waals surface area contributed by atoms with Crippen molar-refractivity contribution in [1.29, 1.82) is 0 Å². The second-order valence-electron chi connectivity index (χ2n) is 5.62. The molecule has 110 valence electrons. The molecule has 4 heteroatoms. The Morgan fingerprint density at radius 1 is 1.20 bits per heavy atom. The lowest BCUT2D eigenvalue weighted by Crippen LogP contribution is -2.46. The first kappa shape index (κ1) is 13.6. The van der Waals surface area contributed by atoms with Crippen molar-refractivity contribution in [3.05, 3.63) is 18.2 Å². The van der Waals surface area contributed by atoms with Gasteiger partial charge >= 0.3 is 0 Å². The molecule has 0 radical (unpaired) electrons. The molecule has 2 aliphatic heterocycles. The van der Waals surface area contributed by atoms with Crippen LogP contribution in [-0.4, -0.2) is 38.4 Å². The fourth-order valence-corrected chi connectivity index (χ4v) is 2.95. The summed E-state index contributed by atoms with van der Waals surface area (Å²) in [6.07, 6.45) is 1.95. The fraction of sp³-hybridized carbons (Fsp3) is 0.625. The minimum Gasteiger partial charge on any atom is -0.483 e. The van der Waals surface area contributed by atoms with Crippen LogP contribution in [0.1, 0.15) is 26.7 Å². The van der Waals surface area contributed by atoms with E-state index < -0.39 is 0 Å². The molecular formula is C16H24N2O2. The fourth-order valence-electron chi connectivity index (χ4n) is 2.95. The number of ether oxygens (including phenoxy) is 2. The van der Waals surface area contributed by atoms with Crippen LogP contribution in [0, 0.1) is 0 Å². The van der Waals surface area contributed by atoms with Gasteiger partial charge in [0.1, 0.15) is 12.2 Å². The largest absolute Gasteiger partial charge is 0.483 e. The molecule has 1 aromatic carbocycles. The van der Waals surface area contributed by atoms with Gasteiger partial charge in [-0.2, -0.15) is 0 Å². The molecule has 4 nitrogen and oxygen atoms in total. The van der Waals surface area contributed by atoms with Crippen LogP contribution in [0.5, 0.6) is 11.5 Å². The molecule has 0 aliphatic carbocycles. The van der Waals surface area contributed by atoms with E-state index in [0.29, 0.717) is 6.61 Å². The van der Waals surface area contributed by atoms with Gasteiger partial charge in [0.15, 0.2) is 11.5 Å². The third-order valence-corrected chi connectivity index (χ3v) is 4.51. The lowest BCUT2D eigenvalue weighted by Gasteiger charge is -2.39. The smallest absolute Gasteiger partial charge is 0.184 e. The highest BCUT2D eigenvalue weighted by molar-refractivity contribution is 5.65. The van der Waals surface area contributed by atoms with Gasteiger partial charge in [0.05, 0.1) is 5.69 Å². The zero-order valence-corrected chi connectivity index (χ0v) is 12.4. The summed E-state index contributed by atoms with van der Waals surface area (Å²) in [4.78, 5) is 2.38. The summed E-state index contributed by atoms with van der Waals surface area (Å²) < 4.78 is 12.4. The maximum absolute atomic E-state index is 6.28. The van der Waals surface area contributed by atoms with E-state index in [-0.39, 0.29) is 5.60 Å². The van der Waals surface area contributed by atoms with E-state index in [4.69, 9.17) is 9.47 Å². The van der Waals surface area contributed by atoms with Gasteiger partial charge in [-0.05, 0) is 25.0 Å². The summed E-state index contributed by atoms with van der Waals surface area (Å²) in [6.45, 7) is 9.07. The number of rotatable bonds is 3. The standard InChI is InChI=1S/C16H24N2O2/c1-3-16(4-2)12-19-15-13(6-5-7-14(15)20-16)18-10-8-17-9-11-18/h5-7,17H,3-4,8-12H2,1-2H3. The van der Waals surface area contributed by atoms with Gasteiger partial charge in [-0.25, -0.2) is 0 Å². The molecule has 0 aromatic heterocycles. The van der Waals surface area contributed by atoms with E-state index in [1.165, 1.54) is 5.69 Å². The van der Waals surface area contributed by atoms with Crippen LogP contribution in [0.15, 0.2) is 18.2 Å². The van der Waals surface area contributed by atoms with Gasteiger partial charge in [-0.15, -0.1) is 0 Å². The highest BCUT2D eigenvalue weighted by Gasteiger charge is 2.36. The molecule has 1 fully saturated rings. The Morgan fingerprint density at radius 2 is 1.95 bits per heavy atom. The average molecular weight is 276 g/mol. The van der Waals surface area contributed by atoms with Crippen molar-refractivity contribution in [2.24, 2.45) is 0 Å². The van der Waals surface area contributed by atoms with Crippen molar-refractivity contribution in [2.45, 2.75) is 32.3 Å². The van der Waals surface area contributed by atoms with Gasteiger partial charge in [-0.1, -0.05) is 19.9 Å². The van der Waals surface area contributed by atoms with Crippen molar-refractivity contribution < 1.29 is 9.47 Å². The Morgan fingerprint density at radius 3 is 2.65 bits per heavy atom. The van der Waals surface area contributed by atoms with E-state index in [1.807, 2.05) is 6.07 Å². The van der Waals surface area contributed by atoms with Gasteiger partial charge in [-0.3, -0.25) is 0 Å². The molecule has 2 aliphatic rings. The van der Waals surface area contributed by atoms with E-state index >= 15 is 0 Å². The molecule has 20 heavy (non-hydrogen) atoms. The first-order valence-corrected chi connectivity index (χ1v) is 7.68. The summed E-state index contributed by atoms with van der Waals surface area (Å²) in [5.41, 5.74) is 1.01. The SMILES string of the molecule is CCC1(CC)COc2c(cccc2N2CCNCC2)O1. The Balaban J connectivity index is 1.89. The number of para-hydroxylation sites is 1. The Kier molecular flexibility index (Phi) is 3.74. The molecule has 0 amide bonds. The van der Waals surface area contributed by atoms with E-state index in [9.17, 15) is 0 Å². The molecule has 0 unspecified atom stereocenters. The first-order chi connectivity index (χ1) is 9.78. The maximum atomic E-state index is 6.28. The van der Waals surface area contributed by atoms with Crippen molar-refractivity contribution in [1.82, 2.24) is 5.32 Å². The normalized spacial score (nSPS) is 20.8. The zero-order valence-electron chi connectivity index (χ0n) is 12.4. The van der Waals surface area contributed by atoms with Crippen molar-refractivity contribution in [3.8, 4) is 11.5 Å². The molecule has 1 aromatic rings. The summed E-state index contributed by atoms with van der Waals surface area (Å²) in [5, 5.41) is 3.38. The van der Waals surface area contributed by atoms with E-state index in [0.717, 1.165) is 50.5 Å². The maximum Gasteiger partial charge on any atom is 0.184 e. The second-order valence-corrected chi connectivity index (χ2v) is 5.62. The van der Waals surface area contributed by atoms with Crippen molar-refractivity contribution in [2.75, 3.05) is 37.7 Å². The molecule has 0 atom stereocenters. The number of benzene rings is 1. The number of nitrogens with zero attached hydrogens (tertiary/aromatic N) is 1. The lowest BCUT2D eigenvalue weighted by molar-refractivity contribution is -0.0141. The third-order valence-electron chi connectivity index (χ3n) is 4.51. The third kappa shape index (κ3) is 2.33. The molecule has 2 heterocycles. The van der Waals surface area contributed by atoms with Crippen LogP contribution in [-0.2, 0) is 0 Å². The summed E-state index contributed by atoms with van der Waals surface area (Å²) in [6, 6.07) is 6.24. The molecule has 1 saturated heterocycles. The van der Waals surface area contributed by atoms with Crippen molar-refractivity contribution >= 4 is 5.69 Å². The van der Waals surface area contributed by atoms with Gasteiger partial charge in [0.2, 0.25) is 0 Å². The van der Waals surface area contributed by atoms with Gasteiger partial charge < -0.3 is 19.7 Å². The Hall–Kier alpha value is -1.42. The average Bonchev–Trinajstić information content (AvgIpc) is 2.54. The lowest BCUT2D eigenvalue weighted by atomic mass is 9.97. The van der Waals surface area contributed by atoms with Gasteiger partial charge in [0, 0.05) is 26.2 Å². The highest BCUT2D eigenvalue weighted by atomic mass is 16.6. The number of nitrogens with one attached hydrogen (secondary N) is 1. The molecule has 0 spiro atoms. The Labute approximate surface area is 121 Å². The first-order valence-electron chi connectivity index (χ1n) is 7.68. The summed E-state index contributed by atoms with van der Waals surface area (Å²) >= 11 is 0. The number of anilines is 1. The number of hydrogen-bond donors (Lipinski definition) is 1. The van der Waals surface area contributed by atoms with Gasteiger partial charge in [0.25, 0.3) is 0 Å². The van der Waals surface area contributed by atoms with Crippen molar-refractivity contribution in [3.63, 3.8) is 0 Å². The van der Waals surface area contributed by atoms with Crippen LogP contribution in [0.3, 0.4) is 0 Å². The van der Waals surface area contributed by atoms with E-state index in [2.05, 4.69) is 36.2 Å². The van der Waals surface area contributed by atoms with E-state index in [1.54, 1.807) is 0 Å². The minimum absolute atomic E-state index is 0.158. The zero-order chi connectivity index (χ0) is 14.0. The second kappa shape index (κ2) is 5.52. The molecular weight excluding hydrogens is 252 g/mol. The van der Waals surface area contributed by atoms with Crippen LogP contribution in [0.4, 0.5) is 5.69 Å². The summed E-state index contributed by atoms with van der Waals surface area (Å²) in [7, 11) is 0. The number of hydrogen-bond acceptors (Lipinski definition) is 4. The molecule has 0 bridgehead atoms. The van der Waals surface area contributed by atoms with Crippen LogP contribution in [0.2, 0.25) is 0 Å². The van der Waals surface area contributed by atoms with Crippen LogP contribution in [0.25, 0.3) is 0 Å². The predicted molar refractivity (Wildman–Crippen MR) is 81.0 cm³/mol. The molecule has 0 saturated carbocycles. The van der Waals surface area contributed by atoms with Crippen LogP contribution < -0.4 is 19.7 Å². The topological polar surface area (TPSA) is 33.7 Å². The van der Waals surface area contributed by atoms with Crippen LogP contribution >= 0.6 is 0 Å².